The Morgan fingerprint density at radius 2 is 1.65 bits per heavy atom. The van der Waals surface area contributed by atoms with Crippen LogP contribution in [0, 0.1) is 0 Å². The first-order valence-corrected chi connectivity index (χ1v) is 14.6. The van der Waals surface area contributed by atoms with Gasteiger partial charge in [0.05, 0.1) is 13.0 Å². The third kappa shape index (κ3) is 11.0. The van der Waals surface area contributed by atoms with Crippen LogP contribution in [0.25, 0.3) is 10.8 Å². The Bertz CT molecular complexity index is 1080. The number of carbonyl (C=O) groups is 4. The Kier molecular flexibility index (Phi) is 14.0. The van der Waals surface area contributed by atoms with Crippen molar-refractivity contribution in [2.24, 2.45) is 0 Å². The lowest BCUT2D eigenvalue weighted by atomic mass is 10.0. The van der Waals surface area contributed by atoms with Gasteiger partial charge >= 0.3 is 0 Å². The molecular weight excluding hydrogens is 508 g/mol. The fourth-order valence-corrected chi connectivity index (χ4v) is 5.01. The predicted molar refractivity (Wildman–Crippen MR) is 155 cm³/mol. The van der Waals surface area contributed by atoms with Crippen LogP contribution < -0.4 is 16.0 Å². The van der Waals surface area contributed by atoms with Crippen molar-refractivity contribution in [3.63, 3.8) is 0 Å². The van der Waals surface area contributed by atoms with Crippen molar-refractivity contribution >= 4 is 34.9 Å². The Labute approximate surface area is 237 Å². The first kappa shape index (κ1) is 31.1. The smallest absolute Gasteiger partial charge is 0.243 e. The minimum Gasteiger partial charge on any atom is -0.380 e. The fraction of sp³-hybridized carbons (Fsp3) is 0.548. The zero-order valence-corrected chi connectivity index (χ0v) is 23.5. The highest BCUT2D eigenvalue weighted by molar-refractivity contribution is 5.92. The number of hydrogen-bond acceptors (Lipinski definition) is 5. The van der Waals surface area contributed by atoms with Gasteiger partial charge in [-0.15, -0.1) is 0 Å². The van der Waals surface area contributed by atoms with E-state index in [0.29, 0.717) is 32.7 Å². The lowest BCUT2D eigenvalue weighted by Gasteiger charge is -2.22. The van der Waals surface area contributed by atoms with E-state index in [4.69, 9.17) is 4.74 Å². The summed E-state index contributed by atoms with van der Waals surface area (Å²) in [5, 5.41) is 10.6. The van der Waals surface area contributed by atoms with Crippen LogP contribution in [0.2, 0.25) is 0 Å². The number of amides is 4. The quantitative estimate of drug-likeness (QED) is 0.492. The molecule has 3 N–H and O–H groups in total. The zero-order chi connectivity index (χ0) is 28.4. The number of hydrogen-bond donors (Lipinski definition) is 3. The number of rotatable bonds is 5. The molecule has 0 bridgehead atoms. The molecule has 9 heteroatoms. The first-order valence-electron chi connectivity index (χ1n) is 14.6. The normalized spacial score (nSPS) is 19.6. The van der Waals surface area contributed by atoms with Crippen molar-refractivity contribution in [1.82, 2.24) is 20.9 Å². The number of fused-ring (bicyclic) bond motifs is 1. The van der Waals surface area contributed by atoms with E-state index in [1.165, 1.54) is 10.8 Å². The minimum absolute atomic E-state index is 0.0262. The van der Waals surface area contributed by atoms with E-state index in [1.807, 2.05) is 24.3 Å². The number of ether oxygens (including phenoxy) is 1. The zero-order valence-electron chi connectivity index (χ0n) is 23.5. The molecule has 1 atom stereocenters. The third-order valence-corrected chi connectivity index (χ3v) is 7.23. The van der Waals surface area contributed by atoms with Crippen molar-refractivity contribution in [3.05, 3.63) is 48.0 Å². The monoisotopic (exact) mass is 552 g/mol. The van der Waals surface area contributed by atoms with Crippen LogP contribution in [-0.4, -0.2) is 67.9 Å². The molecule has 2 saturated heterocycles. The summed E-state index contributed by atoms with van der Waals surface area (Å²) in [5.74, 6) is -0.516. The number of likely N-dealkylation sites (tertiary alicyclic amines) is 1. The molecule has 2 aliphatic rings. The van der Waals surface area contributed by atoms with E-state index < -0.39 is 6.04 Å². The standard InChI is InChI=1S/C19H33N3O4.C12H11NO/c23-17-9-5-3-1-2-4-8-13-26-14-10-20-19(25)16(21-17)15-18(24)22-11-6-7-12-22;14-9-13-8-11-6-3-5-10-4-1-2-7-12(10)11/h16H,1-15H2,(H,20,25)(H,21,23);1-7,9H,8H2,(H,13,14). The maximum absolute atomic E-state index is 12.5. The number of nitrogens with zero attached hydrogens (tertiary/aromatic N) is 1. The highest BCUT2D eigenvalue weighted by atomic mass is 16.5. The van der Waals surface area contributed by atoms with Crippen molar-refractivity contribution in [2.45, 2.75) is 76.8 Å². The van der Waals surface area contributed by atoms with Gasteiger partial charge in [0.2, 0.25) is 24.1 Å². The van der Waals surface area contributed by atoms with Gasteiger partial charge in [-0.1, -0.05) is 68.1 Å². The molecule has 9 nitrogen and oxygen atoms in total. The molecule has 0 aliphatic carbocycles. The molecular formula is C31H44N4O5. The molecule has 2 heterocycles. The molecule has 40 heavy (non-hydrogen) atoms. The van der Waals surface area contributed by atoms with Gasteiger partial charge in [0.15, 0.2) is 0 Å². The molecule has 2 aromatic carbocycles. The Morgan fingerprint density at radius 1 is 0.925 bits per heavy atom. The van der Waals surface area contributed by atoms with E-state index in [0.717, 1.165) is 76.4 Å². The summed E-state index contributed by atoms with van der Waals surface area (Å²) >= 11 is 0. The largest absolute Gasteiger partial charge is 0.380 e. The van der Waals surface area contributed by atoms with Crippen molar-refractivity contribution < 1.29 is 23.9 Å². The van der Waals surface area contributed by atoms with Crippen LogP contribution in [0.5, 0.6) is 0 Å². The van der Waals surface area contributed by atoms with E-state index in [-0.39, 0.29) is 24.1 Å². The summed E-state index contributed by atoms with van der Waals surface area (Å²) < 4.78 is 5.52. The van der Waals surface area contributed by atoms with Gasteiger partial charge in [0.25, 0.3) is 0 Å². The molecule has 0 aromatic heterocycles. The van der Waals surface area contributed by atoms with Crippen LogP contribution in [0.4, 0.5) is 0 Å². The van der Waals surface area contributed by atoms with E-state index in [2.05, 4.69) is 34.1 Å². The SMILES string of the molecule is O=C1CCCCCCCCOCCNC(=O)C(CC(=O)N2CCCC2)N1.O=CNCc1cccc2ccccc12. The van der Waals surface area contributed by atoms with Gasteiger partial charge in [0, 0.05) is 39.2 Å². The molecule has 1 unspecified atom stereocenters. The predicted octanol–water partition coefficient (Wildman–Crippen LogP) is 3.45. The summed E-state index contributed by atoms with van der Waals surface area (Å²) in [4.78, 5) is 49.0. The Balaban J connectivity index is 0.000000263. The van der Waals surface area contributed by atoms with E-state index in [1.54, 1.807) is 4.90 Å². The molecule has 0 radical (unpaired) electrons. The van der Waals surface area contributed by atoms with Crippen LogP contribution in [0.1, 0.15) is 69.8 Å². The Morgan fingerprint density at radius 3 is 2.45 bits per heavy atom. The Hall–Kier alpha value is -3.46. The highest BCUT2D eigenvalue weighted by Gasteiger charge is 2.27. The maximum Gasteiger partial charge on any atom is 0.243 e. The summed E-state index contributed by atoms with van der Waals surface area (Å²) in [6, 6.07) is 13.5. The number of carbonyl (C=O) groups excluding carboxylic acids is 4. The average Bonchev–Trinajstić information content (AvgIpc) is 3.51. The second-order valence-electron chi connectivity index (χ2n) is 10.3. The van der Waals surface area contributed by atoms with Gasteiger partial charge in [-0.05, 0) is 42.0 Å². The topological polar surface area (TPSA) is 117 Å². The maximum atomic E-state index is 12.5. The molecule has 4 amide bonds. The lowest BCUT2D eigenvalue weighted by Crippen LogP contribution is -2.49. The molecule has 4 rings (SSSR count). The van der Waals surface area contributed by atoms with Crippen molar-refractivity contribution in [1.29, 1.82) is 0 Å². The molecule has 2 fully saturated rings. The van der Waals surface area contributed by atoms with Gasteiger partial charge in [-0.2, -0.15) is 0 Å². The molecule has 2 aromatic rings. The minimum atomic E-state index is -0.802. The van der Waals surface area contributed by atoms with E-state index >= 15 is 0 Å². The van der Waals surface area contributed by atoms with Crippen LogP contribution >= 0.6 is 0 Å². The van der Waals surface area contributed by atoms with Gasteiger partial charge in [-0.3, -0.25) is 19.2 Å². The number of nitrogens with one attached hydrogen (secondary N) is 3. The van der Waals surface area contributed by atoms with Gasteiger partial charge in [-0.25, -0.2) is 0 Å². The van der Waals surface area contributed by atoms with Crippen LogP contribution in [0.15, 0.2) is 42.5 Å². The highest BCUT2D eigenvalue weighted by Crippen LogP contribution is 2.18. The first-order chi connectivity index (χ1) is 19.6. The second-order valence-corrected chi connectivity index (χ2v) is 10.3. The van der Waals surface area contributed by atoms with Crippen LogP contribution in [-0.2, 0) is 30.5 Å². The van der Waals surface area contributed by atoms with Gasteiger partial charge < -0.3 is 25.6 Å². The number of benzene rings is 2. The van der Waals surface area contributed by atoms with E-state index in [9.17, 15) is 19.2 Å². The van der Waals surface area contributed by atoms with Crippen molar-refractivity contribution in [2.75, 3.05) is 32.8 Å². The van der Waals surface area contributed by atoms with Gasteiger partial charge in [0.1, 0.15) is 6.04 Å². The molecule has 218 valence electrons. The van der Waals surface area contributed by atoms with Crippen molar-refractivity contribution in [3.8, 4) is 0 Å². The molecule has 0 saturated carbocycles. The summed E-state index contributed by atoms with van der Waals surface area (Å²) in [6.07, 6.45) is 9.44. The fourth-order valence-electron chi connectivity index (χ4n) is 5.01. The molecule has 0 spiro atoms. The van der Waals surface area contributed by atoms with Crippen LogP contribution in [0.3, 0.4) is 0 Å². The summed E-state index contributed by atoms with van der Waals surface area (Å²) in [7, 11) is 0. The lowest BCUT2D eigenvalue weighted by molar-refractivity contribution is -0.135. The second kappa shape index (κ2) is 18.0. The third-order valence-electron chi connectivity index (χ3n) is 7.23. The summed E-state index contributed by atoms with van der Waals surface area (Å²) in [5.41, 5.74) is 1.15. The average molecular weight is 553 g/mol. The molecule has 2 aliphatic heterocycles. The summed E-state index contributed by atoms with van der Waals surface area (Å²) in [6.45, 7) is 3.63.